The van der Waals surface area contributed by atoms with Crippen LogP contribution in [0.5, 0.6) is 0 Å². The van der Waals surface area contributed by atoms with Crippen molar-refractivity contribution in [3.8, 4) is 0 Å². The van der Waals surface area contributed by atoms with Crippen LogP contribution in [-0.4, -0.2) is 69.9 Å². The van der Waals surface area contributed by atoms with Crippen LogP contribution >= 0.6 is 0 Å². The number of hydrogen-bond acceptors (Lipinski definition) is 0. The van der Waals surface area contributed by atoms with Crippen LogP contribution in [0.15, 0.2) is 0 Å². The second kappa shape index (κ2) is 20.6. The molecule has 0 amide bonds. The summed E-state index contributed by atoms with van der Waals surface area (Å²) in [4.78, 5) is 0. The maximum atomic E-state index is 2.29. The fraction of sp³-hybridized carbons (Fsp3) is 1.00. The second-order valence-corrected chi connectivity index (χ2v) is 7.61. The van der Waals surface area contributed by atoms with Crippen molar-refractivity contribution in [1.82, 2.24) is 0 Å². The Kier molecular flexibility index (Phi) is 26.5. The predicted octanol–water partition coefficient (Wildman–Crippen LogP) is 2.26. The summed E-state index contributed by atoms with van der Waals surface area (Å²) < 4.78 is 1.12. The van der Waals surface area contributed by atoms with Crippen LogP contribution in [0.3, 0.4) is 0 Å². The van der Waals surface area contributed by atoms with Gasteiger partial charge in [-0.25, -0.2) is 0 Å². The Labute approximate surface area is 178 Å². The van der Waals surface area contributed by atoms with Crippen LogP contribution in [0.1, 0.15) is 96.8 Å². The first kappa shape index (κ1) is 28.3. The van der Waals surface area contributed by atoms with Gasteiger partial charge >= 0.3 is 37.7 Å². The molecule has 0 aliphatic rings. The fourth-order valence-corrected chi connectivity index (χ4v) is 2.78. The minimum absolute atomic E-state index is 0. The Morgan fingerprint density at radius 1 is 0.500 bits per heavy atom. The molecule has 0 atom stereocenters. The van der Waals surface area contributed by atoms with E-state index < -0.39 is 0 Å². The summed E-state index contributed by atoms with van der Waals surface area (Å²) in [7, 11) is 6.88. The standard InChI is InChI=1S/C19H42N.Ca.ClH.2H/c1-5-6-7-8-9-10-11-12-13-14-15-16-17-18-19-20(2,3)4;;;;/h5-19H2,1-4H3;;1H;;/q+1;;;;/p-1. The van der Waals surface area contributed by atoms with Crippen LogP contribution < -0.4 is 12.4 Å². The minimum atomic E-state index is 0. The third kappa shape index (κ3) is 26.4. The third-order valence-corrected chi connectivity index (χ3v) is 4.18. The zero-order chi connectivity index (χ0) is 15.1. The molecule has 0 bridgehead atoms. The van der Waals surface area contributed by atoms with Crippen LogP contribution in [-0.2, 0) is 0 Å². The Morgan fingerprint density at radius 2 is 0.773 bits per heavy atom. The van der Waals surface area contributed by atoms with Crippen LogP contribution in [0.25, 0.3) is 0 Å². The van der Waals surface area contributed by atoms with Gasteiger partial charge < -0.3 is 16.9 Å². The molecule has 0 aliphatic heterocycles. The van der Waals surface area contributed by atoms with Gasteiger partial charge in [-0.15, -0.1) is 0 Å². The van der Waals surface area contributed by atoms with Crippen LogP contribution in [0.4, 0.5) is 0 Å². The first-order valence-electron chi connectivity index (χ1n) is 9.36. The molecule has 0 aromatic heterocycles. The van der Waals surface area contributed by atoms with E-state index in [-0.39, 0.29) is 50.1 Å². The van der Waals surface area contributed by atoms with Gasteiger partial charge in [0.2, 0.25) is 0 Å². The summed E-state index contributed by atoms with van der Waals surface area (Å²) in [6.45, 7) is 3.63. The molecule has 0 aromatic rings. The molecule has 0 aliphatic carbocycles. The summed E-state index contributed by atoms with van der Waals surface area (Å²) in [5.41, 5.74) is 0. The quantitative estimate of drug-likeness (QED) is 0.238. The van der Waals surface area contributed by atoms with Gasteiger partial charge in [0.15, 0.2) is 0 Å². The molecular weight excluding hydrogens is 318 g/mol. The molecule has 134 valence electrons. The Morgan fingerprint density at radius 3 is 1.05 bits per heavy atom. The van der Waals surface area contributed by atoms with E-state index in [0.717, 1.165) is 4.48 Å². The predicted molar refractivity (Wildman–Crippen MR) is 102 cm³/mol. The summed E-state index contributed by atoms with van der Waals surface area (Å²) in [5.74, 6) is 0. The Bertz CT molecular complexity index is 192. The van der Waals surface area contributed by atoms with Crippen molar-refractivity contribution in [2.75, 3.05) is 27.7 Å². The van der Waals surface area contributed by atoms with E-state index in [0.29, 0.717) is 0 Å². The molecule has 22 heavy (non-hydrogen) atoms. The maximum Gasteiger partial charge on any atom is -1.00 e. The number of unbranched alkanes of at least 4 members (excludes halogenated alkanes) is 13. The van der Waals surface area contributed by atoms with E-state index >= 15 is 0 Å². The van der Waals surface area contributed by atoms with Crippen molar-refractivity contribution in [3.05, 3.63) is 0 Å². The second-order valence-electron chi connectivity index (χ2n) is 7.61. The van der Waals surface area contributed by atoms with Crippen LogP contribution in [0, 0.1) is 0 Å². The monoisotopic (exact) mass is 361 g/mol. The van der Waals surface area contributed by atoms with E-state index in [1.807, 2.05) is 0 Å². The number of rotatable bonds is 15. The van der Waals surface area contributed by atoms with Gasteiger partial charge in [-0.3, -0.25) is 0 Å². The largest absolute Gasteiger partial charge is 1.00 e. The molecule has 0 unspecified atom stereocenters. The smallest absolute Gasteiger partial charge is 1.00 e. The summed E-state index contributed by atoms with van der Waals surface area (Å²) in [5, 5.41) is 0. The molecular formula is C19H44CaClN. The van der Waals surface area contributed by atoms with Gasteiger partial charge in [-0.2, -0.15) is 0 Å². The van der Waals surface area contributed by atoms with E-state index in [2.05, 4.69) is 28.1 Å². The maximum absolute atomic E-state index is 2.29. The first-order chi connectivity index (χ1) is 9.56. The van der Waals surface area contributed by atoms with Gasteiger partial charge in [0.1, 0.15) is 0 Å². The average molecular weight is 362 g/mol. The molecule has 1 nitrogen and oxygen atoms in total. The molecule has 0 fully saturated rings. The van der Waals surface area contributed by atoms with Crippen molar-refractivity contribution in [2.45, 2.75) is 96.8 Å². The van der Waals surface area contributed by atoms with Crippen molar-refractivity contribution in [1.29, 1.82) is 0 Å². The zero-order valence-corrected chi connectivity index (χ0v) is 16.2. The van der Waals surface area contributed by atoms with E-state index in [9.17, 15) is 0 Å². The third-order valence-electron chi connectivity index (χ3n) is 4.18. The van der Waals surface area contributed by atoms with Crippen molar-refractivity contribution in [2.24, 2.45) is 0 Å². The number of quaternary nitrogens is 1. The molecule has 0 spiro atoms. The van der Waals surface area contributed by atoms with Crippen molar-refractivity contribution in [3.63, 3.8) is 0 Å². The molecule has 0 saturated heterocycles. The van der Waals surface area contributed by atoms with E-state index in [1.54, 1.807) is 0 Å². The number of halogens is 1. The minimum Gasteiger partial charge on any atom is -1.00 e. The van der Waals surface area contributed by atoms with Gasteiger partial charge in [-0.1, -0.05) is 84.0 Å². The van der Waals surface area contributed by atoms with E-state index in [4.69, 9.17) is 0 Å². The van der Waals surface area contributed by atoms with Gasteiger partial charge in [0.05, 0.1) is 27.7 Å². The van der Waals surface area contributed by atoms with Gasteiger partial charge in [-0.05, 0) is 12.8 Å². The first-order valence-corrected chi connectivity index (χ1v) is 9.36. The molecule has 3 heteroatoms. The number of nitrogens with zero attached hydrogens (tertiary/aromatic N) is 1. The van der Waals surface area contributed by atoms with Crippen molar-refractivity contribution >= 4 is 37.7 Å². The molecule has 0 rings (SSSR count). The van der Waals surface area contributed by atoms with E-state index in [1.165, 1.54) is 96.4 Å². The Balaban J connectivity index is -0.00000180. The molecule has 0 N–H and O–H groups in total. The molecule has 0 heterocycles. The zero-order valence-electron chi connectivity index (χ0n) is 15.4. The normalized spacial score (nSPS) is 10.9. The van der Waals surface area contributed by atoms with Crippen LogP contribution in [0.2, 0.25) is 0 Å². The van der Waals surface area contributed by atoms with Crippen molar-refractivity contribution < 1.29 is 16.9 Å². The average Bonchev–Trinajstić information content (AvgIpc) is 2.38. The Hall–Kier alpha value is 1.51. The molecule has 0 radical (unpaired) electrons. The topological polar surface area (TPSA) is 0 Å². The summed E-state index contributed by atoms with van der Waals surface area (Å²) >= 11 is 0. The molecule has 0 saturated carbocycles. The summed E-state index contributed by atoms with van der Waals surface area (Å²) in [6.07, 6.45) is 20.4. The van der Waals surface area contributed by atoms with Gasteiger partial charge in [0.25, 0.3) is 0 Å². The molecule has 0 aromatic carbocycles. The fourth-order valence-electron chi connectivity index (χ4n) is 2.78. The number of hydrogen-bond donors (Lipinski definition) is 0. The van der Waals surface area contributed by atoms with Gasteiger partial charge in [0, 0.05) is 0 Å². The summed E-state index contributed by atoms with van der Waals surface area (Å²) in [6, 6.07) is 0. The SMILES string of the molecule is CCCCCCCCCCCCCCCC[N+](C)(C)C.[CaH2].[Cl-].